The van der Waals surface area contributed by atoms with Gasteiger partial charge in [-0.25, -0.2) is 9.37 Å². The summed E-state index contributed by atoms with van der Waals surface area (Å²) in [5, 5.41) is 14.6. The standard InChI is InChI=1S/C19H15BrF4N4O2/c20-12-4-5-15(14(21)9-12)26-17-10-16(27-18(28-17)25-6-7-29)11-2-1-3-13(8-11)30-19(22,23)24/h1-5,8-10,29H,6-7H2,(H2,25,26,27,28). The van der Waals surface area contributed by atoms with Crippen LogP contribution in [0.25, 0.3) is 11.3 Å². The summed E-state index contributed by atoms with van der Waals surface area (Å²) in [4.78, 5) is 8.45. The molecule has 2 aromatic carbocycles. The highest BCUT2D eigenvalue weighted by Crippen LogP contribution is 2.30. The third kappa shape index (κ3) is 6.04. The second-order valence-electron chi connectivity index (χ2n) is 5.94. The fourth-order valence-corrected chi connectivity index (χ4v) is 2.82. The third-order valence-corrected chi connectivity index (χ3v) is 4.17. The van der Waals surface area contributed by atoms with E-state index in [-0.39, 0.29) is 36.3 Å². The van der Waals surface area contributed by atoms with Gasteiger partial charge in [0.25, 0.3) is 0 Å². The lowest BCUT2D eigenvalue weighted by Gasteiger charge is -2.13. The predicted molar refractivity (Wildman–Crippen MR) is 107 cm³/mol. The number of aliphatic hydroxyl groups excluding tert-OH is 1. The molecule has 11 heteroatoms. The van der Waals surface area contributed by atoms with Crippen LogP contribution in [-0.2, 0) is 0 Å². The van der Waals surface area contributed by atoms with Crippen molar-refractivity contribution in [2.24, 2.45) is 0 Å². The van der Waals surface area contributed by atoms with Crippen LogP contribution in [0.15, 0.2) is 53.0 Å². The molecule has 0 unspecified atom stereocenters. The SMILES string of the molecule is OCCNc1nc(Nc2ccc(Br)cc2F)cc(-c2cccc(OC(F)(F)F)c2)n1. The number of ether oxygens (including phenoxy) is 1. The first-order valence-electron chi connectivity index (χ1n) is 8.55. The van der Waals surface area contributed by atoms with Crippen LogP contribution in [0.2, 0.25) is 0 Å². The van der Waals surface area contributed by atoms with Crippen molar-refractivity contribution in [3.05, 3.63) is 58.8 Å². The molecule has 0 atom stereocenters. The van der Waals surface area contributed by atoms with Gasteiger partial charge in [-0.05, 0) is 30.3 Å². The minimum atomic E-state index is -4.83. The van der Waals surface area contributed by atoms with Gasteiger partial charge in [-0.2, -0.15) is 4.98 Å². The van der Waals surface area contributed by atoms with Crippen molar-refractivity contribution in [2.45, 2.75) is 6.36 Å². The van der Waals surface area contributed by atoms with Crippen molar-refractivity contribution in [1.29, 1.82) is 0 Å². The summed E-state index contributed by atoms with van der Waals surface area (Å²) in [6.07, 6.45) is -4.83. The summed E-state index contributed by atoms with van der Waals surface area (Å²) in [7, 11) is 0. The predicted octanol–water partition coefficient (Wildman–Crippen LogP) is 5.09. The Morgan fingerprint density at radius 1 is 1.07 bits per heavy atom. The number of aliphatic hydroxyl groups is 1. The van der Waals surface area contributed by atoms with Crippen LogP contribution >= 0.6 is 15.9 Å². The highest BCUT2D eigenvalue weighted by Gasteiger charge is 2.31. The van der Waals surface area contributed by atoms with E-state index in [0.29, 0.717) is 10.0 Å². The van der Waals surface area contributed by atoms with Crippen molar-refractivity contribution >= 4 is 33.4 Å². The number of alkyl halides is 3. The summed E-state index contributed by atoms with van der Waals surface area (Å²) in [6.45, 7) is -0.0423. The number of hydrogen-bond donors (Lipinski definition) is 3. The van der Waals surface area contributed by atoms with Crippen molar-refractivity contribution in [3.63, 3.8) is 0 Å². The normalized spacial score (nSPS) is 11.3. The number of nitrogens with one attached hydrogen (secondary N) is 2. The van der Waals surface area contributed by atoms with Crippen molar-refractivity contribution in [3.8, 4) is 17.0 Å². The van der Waals surface area contributed by atoms with Crippen LogP contribution in [0.5, 0.6) is 5.75 Å². The number of halogens is 5. The highest BCUT2D eigenvalue weighted by molar-refractivity contribution is 9.10. The molecule has 1 aromatic heterocycles. The molecular weight excluding hydrogens is 472 g/mol. The smallest absolute Gasteiger partial charge is 0.406 e. The maximum absolute atomic E-state index is 14.2. The molecule has 3 N–H and O–H groups in total. The molecule has 0 bridgehead atoms. The van der Waals surface area contributed by atoms with Crippen LogP contribution in [-0.4, -0.2) is 34.6 Å². The van der Waals surface area contributed by atoms with Crippen molar-refractivity contribution in [2.75, 3.05) is 23.8 Å². The first kappa shape index (κ1) is 21.8. The Kier molecular flexibility index (Phi) is 6.73. The topological polar surface area (TPSA) is 79.3 Å². The Bertz CT molecular complexity index is 1030. The van der Waals surface area contributed by atoms with Gasteiger partial charge in [-0.3, -0.25) is 0 Å². The van der Waals surface area contributed by atoms with Crippen LogP contribution < -0.4 is 15.4 Å². The Morgan fingerprint density at radius 3 is 2.57 bits per heavy atom. The van der Waals surface area contributed by atoms with Crippen molar-refractivity contribution in [1.82, 2.24) is 9.97 Å². The molecule has 0 amide bonds. The van der Waals surface area contributed by atoms with E-state index in [1.807, 2.05) is 0 Å². The van der Waals surface area contributed by atoms with E-state index in [1.54, 1.807) is 12.1 Å². The third-order valence-electron chi connectivity index (χ3n) is 3.68. The number of rotatable bonds is 7. The van der Waals surface area contributed by atoms with Gasteiger partial charge in [0.1, 0.15) is 17.4 Å². The van der Waals surface area contributed by atoms with Gasteiger partial charge in [0, 0.05) is 22.6 Å². The fourth-order valence-electron chi connectivity index (χ4n) is 2.49. The number of hydrogen-bond acceptors (Lipinski definition) is 6. The molecule has 0 aliphatic heterocycles. The van der Waals surface area contributed by atoms with Crippen molar-refractivity contribution < 1.29 is 27.4 Å². The average Bonchev–Trinajstić information content (AvgIpc) is 2.67. The first-order valence-corrected chi connectivity index (χ1v) is 9.35. The van der Waals surface area contributed by atoms with Gasteiger partial charge in [0.15, 0.2) is 0 Å². The molecule has 0 spiro atoms. The van der Waals surface area contributed by atoms with Gasteiger partial charge in [0.2, 0.25) is 5.95 Å². The van der Waals surface area contributed by atoms with E-state index < -0.39 is 17.9 Å². The molecule has 0 fully saturated rings. The Hall–Kier alpha value is -2.92. The van der Waals surface area contributed by atoms with Crippen LogP contribution in [0.3, 0.4) is 0 Å². The maximum atomic E-state index is 14.2. The molecule has 0 saturated heterocycles. The lowest BCUT2D eigenvalue weighted by Crippen LogP contribution is -2.17. The molecule has 0 aliphatic rings. The second kappa shape index (κ2) is 9.26. The van der Waals surface area contributed by atoms with Gasteiger partial charge < -0.3 is 20.5 Å². The minimum Gasteiger partial charge on any atom is -0.406 e. The molecule has 30 heavy (non-hydrogen) atoms. The molecule has 158 valence electrons. The molecule has 6 nitrogen and oxygen atoms in total. The summed E-state index contributed by atoms with van der Waals surface area (Å²) < 4.78 is 56.2. The highest BCUT2D eigenvalue weighted by atomic mass is 79.9. The van der Waals surface area contributed by atoms with Crippen LogP contribution in [0.1, 0.15) is 0 Å². The van der Waals surface area contributed by atoms with E-state index in [9.17, 15) is 17.6 Å². The molecule has 1 heterocycles. The Morgan fingerprint density at radius 2 is 1.87 bits per heavy atom. The second-order valence-corrected chi connectivity index (χ2v) is 6.85. The number of anilines is 3. The van der Waals surface area contributed by atoms with E-state index in [2.05, 4.69) is 41.3 Å². The fraction of sp³-hybridized carbons (Fsp3) is 0.158. The number of aromatic nitrogens is 2. The number of nitrogens with zero attached hydrogens (tertiary/aromatic N) is 2. The molecule has 0 saturated carbocycles. The largest absolute Gasteiger partial charge is 0.573 e. The minimum absolute atomic E-state index is 0.101. The van der Waals surface area contributed by atoms with Crippen LogP contribution in [0, 0.1) is 5.82 Å². The zero-order valence-electron chi connectivity index (χ0n) is 15.2. The van der Waals surface area contributed by atoms with Crippen LogP contribution in [0.4, 0.5) is 35.0 Å². The zero-order chi connectivity index (χ0) is 21.7. The number of benzene rings is 2. The monoisotopic (exact) mass is 486 g/mol. The average molecular weight is 487 g/mol. The lowest BCUT2D eigenvalue weighted by molar-refractivity contribution is -0.274. The van der Waals surface area contributed by atoms with E-state index >= 15 is 0 Å². The van der Waals surface area contributed by atoms with Gasteiger partial charge in [0.05, 0.1) is 18.0 Å². The Labute approximate surface area is 177 Å². The zero-order valence-corrected chi connectivity index (χ0v) is 16.8. The summed E-state index contributed by atoms with van der Waals surface area (Å²) in [6, 6.07) is 11.1. The quantitative estimate of drug-likeness (QED) is 0.403. The Balaban J connectivity index is 1.97. The maximum Gasteiger partial charge on any atom is 0.573 e. The van der Waals surface area contributed by atoms with E-state index in [4.69, 9.17) is 5.11 Å². The molecule has 0 radical (unpaired) electrons. The summed E-state index contributed by atoms with van der Waals surface area (Å²) >= 11 is 3.17. The summed E-state index contributed by atoms with van der Waals surface area (Å²) in [5.41, 5.74) is 0.730. The van der Waals surface area contributed by atoms with E-state index in [1.165, 1.54) is 36.4 Å². The summed E-state index contributed by atoms with van der Waals surface area (Å²) in [5.74, 6) is -0.639. The van der Waals surface area contributed by atoms with Gasteiger partial charge >= 0.3 is 6.36 Å². The molecule has 3 rings (SSSR count). The first-order chi connectivity index (χ1) is 14.2. The molecule has 3 aromatic rings. The lowest BCUT2D eigenvalue weighted by atomic mass is 10.1. The van der Waals surface area contributed by atoms with E-state index in [0.717, 1.165) is 0 Å². The van der Waals surface area contributed by atoms with Gasteiger partial charge in [-0.1, -0.05) is 28.1 Å². The molecule has 0 aliphatic carbocycles. The molecular formula is C19H15BrF4N4O2. The van der Waals surface area contributed by atoms with Gasteiger partial charge in [-0.15, -0.1) is 13.2 Å².